The summed E-state index contributed by atoms with van der Waals surface area (Å²) in [5.74, 6) is 0. The number of aromatic nitrogens is 3. The standard InChI is InChI=1S/C13H13N3S/c1-8-4-5-16-7-11(15-12(16)6-8)13-9(2)17-10(3)14-13/h4-7H,1-3H3. The molecule has 0 radical (unpaired) electrons. The Morgan fingerprint density at radius 1 is 1.18 bits per heavy atom. The van der Waals surface area contributed by atoms with Crippen LogP contribution in [0.5, 0.6) is 0 Å². The van der Waals surface area contributed by atoms with Crippen molar-refractivity contribution in [3.63, 3.8) is 0 Å². The first-order valence-corrected chi connectivity index (χ1v) is 6.35. The van der Waals surface area contributed by atoms with Crippen molar-refractivity contribution in [1.29, 1.82) is 0 Å². The van der Waals surface area contributed by atoms with Gasteiger partial charge in [0.25, 0.3) is 0 Å². The van der Waals surface area contributed by atoms with Gasteiger partial charge in [-0.2, -0.15) is 0 Å². The van der Waals surface area contributed by atoms with E-state index < -0.39 is 0 Å². The Hall–Kier alpha value is -1.68. The zero-order valence-corrected chi connectivity index (χ0v) is 10.9. The number of aryl methyl sites for hydroxylation is 3. The summed E-state index contributed by atoms with van der Waals surface area (Å²) < 4.78 is 2.04. The molecule has 86 valence electrons. The van der Waals surface area contributed by atoms with E-state index in [1.165, 1.54) is 10.4 Å². The first kappa shape index (κ1) is 10.5. The van der Waals surface area contributed by atoms with Crippen molar-refractivity contribution >= 4 is 17.0 Å². The molecule has 0 unspecified atom stereocenters. The van der Waals surface area contributed by atoms with Crippen LogP contribution in [0, 0.1) is 20.8 Å². The lowest BCUT2D eigenvalue weighted by molar-refractivity contribution is 1.17. The van der Waals surface area contributed by atoms with Crippen LogP contribution < -0.4 is 0 Å². The number of imidazole rings is 1. The molecule has 3 nitrogen and oxygen atoms in total. The quantitative estimate of drug-likeness (QED) is 0.656. The first-order valence-electron chi connectivity index (χ1n) is 5.53. The Labute approximate surface area is 104 Å². The summed E-state index contributed by atoms with van der Waals surface area (Å²) in [6.07, 6.45) is 4.08. The summed E-state index contributed by atoms with van der Waals surface area (Å²) in [7, 11) is 0. The van der Waals surface area contributed by atoms with Gasteiger partial charge in [-0.05, 0) is 38.5 Å². The summed E-state index contributed by atoms with van der Waals surface area (Å²) in [6, 6.07) is 4.16. The van der Waals surface area contributed by atoms with Gasteiger partial charge in [0.05, 0.1) is 5.01 Å². The number of hydrogen-bond donors (Lipinski definition) is 0. The van der Waals surface area contributed by atoms with E-state index in [4.69, 9.17) is 0 Å². The molecule has 0 aliphatic heterocycles. The van der Waals surface area contributed by atoms with Gasteiger partial charge in [0.2, 0.25) is 0 Å². The third-order valence-electron chi connectivity index (χ3n) is 2.76. The van der Waals surface area contributed by atoms with Gasteiger partial charge >= 0.3 is 0 Å². The fourth-order valence-electron chi connectivity index (χ4n) is 1.96. The van der Waals surface area contributed by atoms with Gasteiger partial charge in [-0.3, -0.25) is 0 Å². The summed E-state index contributed by atoms with van der Waals surface area (Å²) in [6.45, 7) is 6.20. The number of hydrogen-bond acceptors (Lipinski definition) is 3. The molecule has 17 heavy (non-hydrogen) atoms. The van der Waals surface area contributed by atoms with Gasteiger partial charge in [-0.15, -0.1) is 11.3 Å². The summed E-state index contributed by atoms with van der Waals surface area (Å²) in [5, 5.41) is 1.09. The zero-order chi connectivity index (χ0) is 12.0. The molecule has 3 aromatic rings. The molecule has 3 heterocycles. The normalized spacial score (nSPS) is 11.2. The summed E-state index contributed by atoms with van der Waals surface area (Å²) in [5.41, 5.74) is 4.16. The molecule has 4 heteroatoms. The highest BCUT2D eigenvalue weighted by atomic mass is 32.1. The average molecular weight is 243 g/mol. The molecule has 3 aromatic heterocycles. The Bertz CT molecular complexity index is 694. The maximum atomic E-state index is 4.63. The molecule has 0 atom stereocenters. The molecule has 0 fully saturated rings. The molecule has 3 rings (SSSR count). The third-order valence-corrected chi connectivity index (χ3v) is 3.65. The second-order valence-corrected chi connectivity index (χ2v) is 5.64. The highest BCUT2D eigenvalue weighted by Gasteiger charge is 2.11. The number of pyridine rings is 1. The largest absolute Gasteiger partial charge is 0.306 e. The van der Waals surface area contributed by atoms with Crippen molar-refractivity contribution in [2.75, 3.05) is 0 Å². The number of thiazole rings is 1. The van der Waals surface area contributed by atoms with Crippen LogP contribution in [-0.4, -0.2) is 14.4 Å². The van der Waals surface area contributed by atoms with Crippen LogP contribution in [0.4, 0.5) is 0 Å². The van der Waals surface area contributed by atoms with Crippen LogP contribution in [0.2, 0.25) is 0 Å². The van der Waals surface area contributed by atoms with Gasteiger partial charge < -0.3 is 4.40 Å². The van der Waals surface area contributed by atoms with Crippen LogP contribution in [0.1, 0.15) is 15.4 Å². The van der Waals surface area contributed by atoms with E-state index in [9.17, 15) is 0 Å². The highest BCUT2D eigenvalue weighted by Crippen LogP contribution is 2.26. The molecule has 0 saturated carbocycles. The smallest absolute Gasteiger partial charge is 0.137 e. The van der Waals surface area contributed by atoms with Crippen molar-refractivity contribution < 1.29 is 0 Å². The molecular formula is C13H13N3S. The Morgan fingerprint density at radius 2 is 2.00 bits per heavy atom. The Kier molecular flexibility index (Phi) is 2.26. The number of rotatable bonds is 1. The third kappa shape index (κ3) is 1.74. The lowest BCUT2D eigenvalue weighted by Crippen LogP contribution is -1.81. The zero-order valence-electron chi connectivity index (χ0n) is 10.1. The number of nitrogens with zero attached hydrogens (tertiary/aromatic N) is 3. The first-order chi connectivity index (χ1) is 8.13. The summed E-state index contributed by atoms with van der Waals surface area (Å²) >= 11 is 1.72. The van der Waals surface area contributed by atoms with Gasteiger partial charge in [0.1, 0.15) is 17.0 Å². The van der Waals surface area contributed by atoms with Crippen LogP contribution >= 0.6 is 11.3 Å². The molecule has 0 saturated heterocycles. The maximum Gasteiger partial charge on any atom is 0.137 e. The van der Waals surface area contributed by atoms with Crippen LogP contribution in [0.25, 0.3) is 17.0 Å². The molecule has 0 aromatic carbocycles. The van der Waals surface area contributed by atoms with E-state index in [0.717, 1.165) is 22.0 Å². The monoisotopic (exact) mass is 243 g/mol. The van der Waals surface area contributed by atoms with Gasteiger partial charge in [-0.25, -0.2) is 9.97 Å². The molecular weight excluding hydrogens is 230 g/mol. The van der Waals surface area contributed by atoms with E-state index in [1.54, 1.807) is 11.3 Å². The van der Waals surface area contributed by atoms with E-state index >= 15 is 0 Å². The Balaban J connectivity index is 2.21. The molecule has 0 bridgehead atoms. The van der Waals surface area contributed by atoms with E-state index in [-0.39, 0.29) is 0 Å². The highest BCUT2D eigenvalue weighted by molar-refractivity contribution is 7.11. The van der Waals surface area contributed by atoms with Crippen molar-refractivity contribution in [2.24, 2.45) is 0 Å². The Morgan fingerprint density at radius 3 is 2.71 bits per heavy atom. The minimum Gasteiger partial charge on any atom is -0.306 e. The van der Waals surface area contributed by atoms with E-state index in [1.807, 2.05) is 23.7 Å². The average Bonchev–Trinajstić information content (AvgIpc) is 2.80. The molecule has 0 spiro atoms. The van der Waals surface area contributed by atoms with Crippen molar-refractivity contribution in [3.8, 4) is 11.4 Å². The topological polar surface area (TPSA) is 30.2 Å². The molecule has 0 aliphatic rings. The predicted octanol–water partition coefficient (Wildman–Crippen LogP) is 3.38. The second kappa shape index (κ2) is 3.67. The maximum absolute atomic E-state index is 4.63. The van der Waals surface area contributed by atoms with Gasteiger partial charge in [-0.1, -0.05) is 0 Å². The van der Waals surface area contributed by atoms with E-state index in [2.05, 4.69) is 35.9 Å². The van der Waals surface area contributed by atoms with Crippen LogP contribution in [0.3, 0.4) is 0 Å². The summed E-state index contributed by atoms with van der Waals surface area (Å²) in [4.78, 5) is 10.4. The molecule has 0 amide bonds. The fraction of sp³-hybridized carbons (Fsp3) is 0.231. The minimum absolute atomic E-state index is 0.956. The van der Waals surface area contributed by atoms with Crippen LogP contribution in [-0.2, 0) is 0 Å². The van der Waals surface area contributed by atoms with Crippen molar-refractivity contribution in [2.45, 2.75) is 20.8 Å². The molecule has 0 N–H and O–H groups in total. The van der Waals surface area contributed by atoms with Gasteiger partial charge in [0, 0.05) is 17.3 Å². The lowest BCUT2D eigenvalue weighted by atomic mass is 10.3. The fourth-order valence-corrected chi connectivity index (χ4v) is 2.79. The SMILES string of the molecule is Cc1ccn2cc(-c3nc(C)sc3C)nc2c1. The van der Waals surface area contributed by atoms with Gasteiger partial charge in [0.15, 0.2) is 0 Å². The second-order valence-electron chi connectivity index (χ2n) is 4.23. The van der Waals surface area contributed by atoms with E-state index in [0.29, 0.717) is 0 Å². The number of fused-ring (bicyclic) bond motifs is 1. The molecule has 0 aliphatic carbocycles. The lowest BCUT2D eigenvalue weighted by Gasteiger charge is -1.92. The minimum atomic E-state index is 0.956. The van der Waals surface area contributed by atoms with Crippen LogP contribution in [0.15, 0.2) is 24.5 Å². The van der Waals surface area contributed by atoms with Crippen molar-refractivity contribution in [3.05, 3.63) is 40.0 Å². The predicted molar refractivity (Wildman–Crippen MR) is 70.5 cm³/mol. The van der Waals surface area contributed by atoms with Crippen molar-refractivity contribution in [1.82, 2.24) is 14.4 Å².